The number of hydrogen-bond acceptors (Lipinski definition) is 1. The van der Waals surface area contributed by atoms with Gasteiger partial charge in [0.25, 0.3) is 0 Å². The van der Waals surface area contributed by atoms with Crippen LogP contribution in [0.15, 0.2) is 40.9 Å². The minimum absolute atomic E-state index is 0.0398. The second-order valence-corrected chi connectivity index (χ2v) is 7.34. The van der Waals surface area contributed by atoms with Gasteiger partial charge in [0.15, 0.2) is 0 Å². The zero-order chi connectivity index (χ0) is 20.9. The average molecular weight is 361 g/mol. The quantitative estimate of drug-likeness (QED) is 0.643. The normalized spacial score (nSPS) is 33.8. The molecule has 0 heterocycles. The first kappa shape index (κ1) is 8.93. The van der Waals surface area contributed by atoms with Crippen molar-refractivity contribution in [2.24, 2.45) is 0 Å². The van der Waals surface area contributed by atoms with Crippen LogP contribution in [0.25, 0.3) is 11.1 Å². The van der Waals surface area contributed by atoms with E-state index in [1.165, 1.54) is 12.1 Å². The molecule has 2 aromatic rings. The second kappa shape index (κ2) is 4.05. The van der Waals surface area contributed by atoms with E-state index in [0.717, 1.165) is 4.47 Å². The fourth-order valence-electron chi connectivity index (χ4n) is 3.89. The Balaban J connectivity index is 2.20. The van der Waals surface area contributed by atoms with Crippen LogP contribution in [0.2, 0.25) is 0 Å². The monoisotopic (exact) mass is 360 g/mol. The zero-order valence-electron chi connectivity index (χ0n) is 18.3. The number of phenolic OH excluding ortho intramolecular Hbond substituents is 1. The molecule has 2 atom stereocenters. The maximum absolute atomic E-state index is 10.1. The topological polar surface area (TPSA) is 20.2 Å². The van der Waals surface area contributed by atoms with Crippen LogP contribution in [0.3, 0.4) is 0 Å². The van der Waals surface area contributed by atoms with Gasteiger partial charge in [-0.2, -0.15) is 0 Å². The maximum atomic E-state index is 10.1. The number of aromatic hydroxyl groups is 1. The van der Waals surface area contributed by atoms with Crippen LogP contribution < -0.4 is 0 Å². The molecule has 2 heteroatoms. The molecule has 0 amide bonds. The maximum Gasteiger partial charge on any atom is 0.115 e. The highest BCUT2D eigenvalue weighted by Gasteiger charge is 2.49. The molecule has 0 aromatic heterocycles. The summed E-state index contributed by atoms with van der Waals surface area (Å²) in [6.45, 7) is -1.54. The second-order valence-electron chi connectivity index (χ2n) is 6.42. The third-order valence-electron chi connectivity index (χ3n) is 4.85. The SMILES string of the molecule is [2H]C([2H])([2H])C1(C)C2=C(c3ccc(O)cc31)C(C)(C([2H])([2H])[2H])c1cc(Br)ccc12. The molecule has 2 aliphatic rings. The molecular formula is C20H19BrO. The summed E-state index contributed by atoms with van der Waals surface area (Å²) in [6.07, 6.45) is 0. The summed E-state index contributed by atoms with van der Waals surface area (Å²) in [4.78, 5) is 0. The van der Waals surface area contributed by atoms with Gasteiger partial charge < -0.3 is 5.11 Å². The van der Waals surface area contributed by atoms with Crippen LogP contribution in [-0.2, 0) is 10.8 Å². The van der Waals surface area contributed by atoms with Gasteiger partial charge in [-0.3, -0.25) is 0 Å². The fraction of sp³-hybridized carbons (Fsp3) is 0.300. The molecule has 0 saturated heterocycles. The van der Waals surface area contributed by atoms with Crippen LogP contribution in [0.4, 0.5) is 0 Å². The van der Waals surface area contributed by atoms with Crippen molar-refractivity contribution in [3.8, 4) is 5.75 Å². The fourth-order valence-corrected chi connectivity index (χ4v) is 4.25. The number of benzene rings is 2. The Morgan fingerprint density at radius 3 is 2.05 bits per heavy atom. The van der Waals surface area contributed by atoms with E-state index in [1.54, 1.807) is 38.1 Å². The zero-order valence-corrected chi connectivity index (χ0v) is 13.9. The molecule has 1 nitrogen and oxygen atoms in total. The van der Waals surface area contributed by atoms with Gasteiger partial charge in [0.05, 0.1) is 0 Å². The van der Waals surface area contributed by atoms with Crippen LogP contribution in [0.5, 0.6) is 5.75 Å². The van der Waals surface area contributed by atoms with E-state index >= 15 is 0 Å². The molecule has 1 N–H and O–H groups in total. The molecule has 2 aromatic carbocycles. The van der Waals surface area contributed by atoms with E-state index in [2.05, 4.69) is 15.9 Å². The van der Waals surface area contributed by atoms with Crippen LogP contribution in [0.1, 0.15) is 58.0 Å². The molecule has 2 unspecified atom stereocenters. The summed E-state index contributed by atoms with van der Waals surface area (Å²) in [7, 11) is 0. The smallest absolute Gasteiger partial charge is 0.115 e. The van der Waals surface area contributed by atoms with E-state index in [9.17, 15) is 5.11 Å². The molecule has 0 radical (unpaired) electrons. The molecule has 0 aliphatic heterocycles. The van der Waals surface area contributed by atoms with Gasteiger partial charge in [0.1, 0.15) is 5.75 Å². The van der Waals surface area contributed by atoms with Crippen LogP contribution >= 0.6 is 15.9 Å². The lowest BCUT2D eigenvalue weighted by Crippen LogP contribution is -2.19. The minimum atomic E-state index is -2.43. The van der Waals surface area contributed by atoms with Crippen LogP contribution in [0, 0.1) is 0 Å². The summed E-state index contributed by atoms with van der Waals surface area (Å²) >= 11 is 3.43. The van der Waals surface area contributed by atoms with E-state index < -0.39 is 24.5 Å². The van der Waals surface area contributed by atoms with Crippen molar-refractivity contribution < 1.29 is 13.3 Å². The summed E-state index contributed by atoms with van der Waals surface area (Å²) in [5.74, 6) is -0.0398. The lowest BCUT2D eigenvalue weighted by molar-refractivity contribution is 0.473. The molecular weight excluding hydrogens is 336 g/mol. The van der Waals surface area contributed by atoms with Gasteiger partial charge in [-0.25, -0.2) is 0 Å². The van der Waals surface area contributed by atoms with Gasteiger partial charge >= 0.3 is 0 Å². The Bertz CT molecular complexity index is 968. The Morgan fingerprint density at radius 2 is 1.45 bits per heavy atom. The molecule has 2 aliphatic carbocycles. The van der Waals surface area contributed by atoms with Crippen LogP contribution in [-0.4, -0.2) is 5.11 Å². The predicted octanol–water partition coefficient (Wildman–Crippen LogP) is 5.65. The lowest BCUT2D eigenvalue weighted by atomic mass is 9.76. The van der Waals surface area contributed by atoms with Crippen molar-refractivity contribution in [1.29, 1.82) is 0 Å². The highest BCUT2D eigenvalue weighted by Crippen LogP contribution is 2.62. The Kier molecular flexibility index (Phi) is 1.64. The Morgan fingerprint density at radius 1 is 0.909 bits per heavy atom. The first-order valence-electron chi connectivity index (χ1n) is 10.1. The van der Waals surface area contributed by atoms with Gasteiger partial charge in [-0.05, 0) is 57.7 Å². The summed E-state index contributed by atoms with van der Waals surface area (Å²) in [6, 6.07) is 9.95. The van der Waals surface area contributed by atoms with Gasteiger partial charge in [-0.15, -0.1) is 0 Å². The van der Waals surface area contributed by atoms with Gasteiger partial charge in [0, 0.05) is 23.5 Å². The number of rotatable bonds is 0. The number of phenols is 1. The standard InChI is InChI=1S/C20H19BrO/c1-19(2)15-9-11(21)5-7-13(15)17-18(19)14-8-6-12(22)10-16(14)20(17,3)4/h5-10,22H,1-4H3/i1D3,3D3. The largest absolute Gasteiger partial charge is 0.508 e. The first-order valence-corrected chi connectivity index (χ1v) is 7.93. The van der Waals surface area contributed by atoms with Crippen molar-refractivity contribution in [2.75, 3.05) is 0 Å². The van der Waals surface area contributed by atoms with E-state index in [4.69, 9.17) is 8.22 Å². The average Bonchev–Trinajstić information content (AvgIpc) is 2.98. The summed E-state index contributed by atoms with van der Waals surface area (Å²) < 4.78 is 50.7. The highest BCUT2D eigenvalue weighted by atomic mass is 79.9. The number of halogens is 1. The molecule has 0 spiro atoms. The summed E-state index contributed by atoms with van der Waals surface area (Å²) in [5.41, 5.74) is 0.521. The molecule has 0 fully saturated rings. The van der Waals surface area contributed by atoms with Gasteiger partial charge in [-0.1, -0.05) is 55.6 Å². The van der Waals surface area contributed by atoms with Gasteiger partial charge in [0.2, 0.25) is 0 Å². The molecule has 4 rings (SSSR count). The predicted molar refractivity (Wildman–Crippen MR) is 95.1 cm³/mol. The lowest BCUT2D eigenvalue weighted by Gasteiger charge is -2.28. The molecule has 112 valence electrons. The summed E-state index contributed by atoms with van der Waals surface area (Å²) in [5, 5.41) is 10.1. The molecule has 0 saturated carbocycles. The van der Waals surface area contributed by atoms with E-state index in [-0.39, 0.29) is 5.75 Å². The first-order chi connectivity index (χ1) is 12.7. The van der Waals surface area contributed by atoms with Crippen molar-refractivity contribution in [1.82, 2.24) is 0 Å². The highest BCUT2D eigenvalue weighted by molar-refractivity contribution is 9.10. The Labute approximate surface area is 148 Å². The van der Waals surface area contributed by atoms with Crippen molar-refractivity contribution >= 4 is 27.1 Å². The minimum Gasteiger partial charge on any atom is -0.508 e. The third-order valence-corrected chi connectivity index (χ3v) is 5.34. The number of fused-ring (bicyclic) bond motifs is 4. The molecule has 0 bridgehead atoms. The Hall–Kier alpha value is -1.54. The van der Waals surface area contributed by atoms with E-state index in [0.29, 0.717) is 33.4 Å². The van der Waals surface area contributed by atoms with Crippen molar-refractivity contribution in [3.63, 3.8) is 0 Å². The van der Waals surface area contributed by atoms with Crippen molar-refractivity contribution in [2.45, 2.75) is 38.4 Å². The van der Waals surface area contributed by atoms with E-state index in [1.807, 2.05) is 0 Å². The van der Waals surface area contributed by atoms with Crippen molar-refractivity contribution in [3.05, 3.63) is 63.1 Å². The number of allylic oxidation sites excluding steroid dienone is 2. The third kappa shape index (κ3) is 1.54. The molecule has 22 heavy (non-hydrogen) atoms. The number of hydrogen-bond donors (Lipinski definition) is 1.